The average Bonchev–Trinajstić information content (AvgIpc) is 2.35. The molecule has 0 spiro atoms. The van der Waals surface area contributed by atoms with Crippen molar-refractivity contribution in [1.82, 2.24) is 0 Å². The molecule has 2 N–H and O–H groups in total. The minimum atomic E-state index is -1.97. The molecule has 0 aliphatic rings. The third-order valence-corrected chi connectivity index (χ3v) is 5.77. The summed E-state index contributed by atoms with van der Waals surface area (Å²) < 4.78 is 20.5. The van der Waals surface area contributed by atoms with Crippen LogP contribution in [-0.4, -0.2) is 32.5 Å². The Morgan fingerprint density at radius 1 is 0.947 bits per heavy atom. The lowest BCUT2D eigenvalue weighted by Gasteiger charge is -2.20. The van der Waals surface area contributed by atoms with E-state index < -0.39 is 23.3 Å². The van der Waals surface area contributed by atoms with Crippen molar-refractivity contribution in [2.45, 2.75) is 49.7 Å². The van der Waals surface area contributed by atoms with Gasteiger partial charge in [0.05, 0.1) is 12.7 Å². The Balaban J connectivity index is 3.76. The van der Waals surface area contributed by atoms with E-state index in [1.807, 2.05) is 13.8 Å². The van der Waals surface area contributed by atoms with Crippen LogP contribution in [0.5, 0.6) is 0 Å². The van der Waals surface area contributed by atoms with Gasteiger partial charge in [-0.25, -0.2) is 0 Å². The van der Waals surface area contributed by atoms with Gasteiger partial charge in [0, 0.05) is 0 Å². The van der Waals surface area contributed by atoms with Gasteiger partial charge < -0.3 is 18.8 Å². The standard InChI is InChI=1S/C9H20Br2O6P2/c1-4-8(10)16-18(12)14-6-7(3)15-19(13)17-9(11)5-2/h7-9,12-13H,4-6H2,1-3H3. The Kier molecular flexibility index (Phi) is 13.2. The molecule has 116 valence electrons. The highest BCUT2D eigenvalue weighted by molar-refractivity contribution is 9.09. The van der Waals surface area contributed by atoms with Crippen molar-refractivity contribution in [3.8, 4) is 0 Å². The fraction of sp³-hybridized carbons (Fsp3) is 1.00. The summed E-state index contributed by atoms with van der Waals surface area (Å²) in [7, 11) is -3.92. The van der Waals surface area contributed by atoms with Crippen LogP contribution in [0.4, 0.5) is 0 Å². The zero-order valence-corrected chi connectivity index (χ0v) is 16.0. The minimum Gasteiger partial charge on any atom is -0.328 e. The highest BCUT2D eigenvalue weighted by Crippen LogP contribution is 2.40. The monoisotopic (exact) mass is 444 g/mol. The molecule has 0 aromatic rings. The molecule has 0 bridgehead atoms. The normalized spacial score (nSPS) is 19.7. The van der Waals surface area contributed by atoms with Crippen LogP contribution in [0.25, 0.3) is 0 Å². The first kappa shape index (κ1) is 20.6. The molecular weight excluding hydrogens is 426 g/mol. The Hall–Kier alpha value is 1.58. The maximum absolute atomic E-state index is 9.51. The molecule has 0 rings (SSSR count). The van der Waals surface area contributed by atoms with E-state index in [4.69, 9.17) is 18.1 Å². The highest BCUT2D eigenvalue weighted by Gasteiger charge is 2.19. The third-order valence-electron chi connectivity index (χ3n) is 1.74. The Morgan fingerprint density at radius 3 is 1.89 bits per heavy atom. The third kappa shape index (κ3) is 11.9. The fourth-order valence-corrected chi connectivity index (χ4v) is 3.12. The molecule has 0 saturated heterocycles. The molecule has 0 aromatic carbocycles. The van der Waals surface area contributed by atoms with Crippen molar-refractivity contribution in [3.05, 3.63) is 0 Å². The molecule has 10 heteroatoms. The molecule has 6 nitrogen and oxygen atoms in total. The molecule has 0 saturated carbocycles. The van der Waals surface area contributed by atoms with E-state index in [2.05, 4.69) is 31.9 Å². The van der Waals surface area contributed by atoms with E-state index in [0.717, 1.165) is 0 Å². The van der Waals surface area contributed by atoms with Crippen LogP contribution in [0, 0.1) is 0 Å². The van der Waals surface area contributed by atoms with Crippen molar-refractivity contribution >= 4 is 49.1 Å². The molecule has 0 amide bonds. The zero-order chi connectivity index (χ0) is 14.8. The van der Waals surface area contributed by atoms with Crippen LogP contribution in [0.1, 0.15) is 33.6 Å². The van der Waals surface area contributed by atoms with Gasteiger partial charge in [0.2, 0.25) is 0 Å². The van der Waals surface area contributed by atoms with Gasteiger partial charge >= 0.3 is 17.2 Å². The van der Waals surface area contributed by atoms with Gasteiger partial charge in [-0.05, 0) is 19.8 Å². The van der Waals surface area contributed by atoms with Crippen LogP contribution < -0.4 is 0 Å². The number of hydrogen-bond acceptors (Lipinski definition) is 6. The summed E-state index contributed by atoms with van der Waals surface area (Å²) in [4.78, 5) is 19.0. The number of alkyl halides is 2. The fourth-order valence-electron chi connectivity index (χ4n) is 0.753. The van der Waals surface area contributed by atoms with Crippen molar-refractivity contribution in [2.24, 2.45) is 0 Å². The van der Waals surface area contributed by atoms with E-state index >= 15 is 0 Å². The maximum Gasteiger partial charge on any atom is 0.331 e. The quantitative estimate of drug-likeness (QED) is 0.367. The summed E-state index contributed by atoms with van der Waals surface area (Å²) in [5, 5.41) is -0.481. The van der Waals surface area contributed by atoms with Crippen molar-refractivity contribution in [3.63, 3.8) is 0 Å². The summed E-state index contributed by atoms with van der Waals surface area (Å²) in [5.41, 5.74) is 0. The van der Waals surface area contributed by atoms with Gasteiger partial charge in [0.15, 0.2) is 0 Å². The molecule has 5 atom stereocenters. The van der Waals surface area contributed by atoms with E-state index in [9.17, 15) is 9.79 Å². The summed E-state index contributed by atoms with van der Waals surface area (Å²) in [6, 6.07) is 0. The van der Waals surface area contributed by atoms with Crippen LogP contribution >= 0.6 is 49.1 Å². The number of hydrogen-bond donors (Lipinski definition) is 2. The first-order chi connectivity index (χ1) is 8.88. The van der Waals surface area contributed by atoms with E-state index in [0.29, 0.717) is 12.8 Å². The second-order valence-electron chi connectivity index (χ2n) is 3.53. The van der Waals surface area contributed by atoms with Gasteiger partial charge in [-0.2, -0.15) is 0 Å². The molecule has 0 aliphatic heterocycles. The van der Waals surface area contributed by atoms with Gasteiger partial charge in [-0.3, -0.25) is 9.05 Å². The van der Waals surface area contributed by atoms with Gasteiger partial charge in [0.1, 0.15) is 10.0 Å². The Labute approximate surface area is 133 Å². The lowest BCUT2D eigenvalue weighted by atomic mass is 10.5. The topological polar surface area (TPSA) is 77.4 Å². The summed E-state index contributed by atoms with van der Waals surface area (Å²) >= 11 is 6.45. The number of rotatable bonds is 11. The van der Waals surface area contributed by atoms with E-state index in [1.54, 1.807) is 6.92 Å². The number of halogens is 2. The van der Waals surface area contributed by atoms with Crippen molar-refractivity contribution < 1.29 is 27.9 Å². The second-order valence-corrected chi connectivity index (χ2v) is 7.42. The molecule has 19 heavy (non-hydrogen) atoms. The Morgan fingerprint density at radius 2 is 1.42 bits per heavy atom. The van der Waals surface area contributed by atoms with Gasteiger partial charge in [0.25, 0.3) is 0 Å². The zero-order valence-electron chi connectivity index (χ0n) is 11.0. The predicted molar refractivity (Wildman–Crippen MR) is 83.0 cm³/mol. The molecule has 5 unspecified atom stereocenters. The lowest BCUT2D eigenvalue weighted by Crippen LogP contribution is -2.14. The van der Waals surface area contributed by atoms with E-state index in [1.165, 1.54) is 0 Å². The SMILES string of the molecule is CCC(Br)OP(O)OCC(C)OP(O)OC(Br)CC. The van der Waals surface area contributed by atoms with Crippen molar-refractivity contribution in [2.75, 3.05) is 6.61 Å². The predicted octanol–water partition coefficient (Wildman–Crippen LogP) is 4.14. The first-order valence-corrected chi connectivity index (χ1v) is 9.87. The molecular formula is C9H20Br2O6P2. The molecule has 0 heterocycles. The molecule has 0 radical (unpaired) electrons. The maximum atomic E-state index is 9.51. The molecule has 0 fully saturated rings. The molecule has 0 aromatic heterocycles. The van der Waals surface area contributed by atoms with Gasteiger partial charge in [-0.1, -0.05) is 45.7 Å². The summed E-state index contributed by atoms with van der Waals surface area (Å²) in [6.07, 6.45) is 1.02. The van der Waals surface area contributed by atoms with E-state index in [-0.39, 0.29) is 16.6 Å². The largest absolute Gasteiger partial charge is 0.331 e. The van der Waals surface area contributed by atoms with Crippen LogP contribution in [0.15, 0.2) is 0 Å². The van der Waals surface area contributed by atoms with Crippen LogP contribution in [-0.2, 0) is 18.1 Å². The van der Waals surface area contributed by atoms with Crippen LogP contribution in [0.2, 0.25) is 0 Å². The lowest BCUT2D eigenvalue weighted by molar-refractivity contribution is 0.0923. The molecule has 0 aliphatic carbocycles. The van der Waals surface area contributed by atoms with Gasteiger partial charge in [-0.15, -0.1) is 0 Å². The van der Waals surface area contributed by atoms with Crippen molar-refractivity contribution in [1.29, 1.82) is 0 Å². The van der Waals surface area contributed by atoms with Crippen LogP contribution in [0.3, 0.4) is 0 Å². The highest BCUT2D eigenvalue weighted by atomic mass is 79.9. The first-order valence-electron chi connectivity index (χ1n) is 5.78. The summed E-state index contributed by atoms with van der Waals surface area (Å²) in [5.74, 6) is 0. The smallest absolute Gasteiger partial charge is 0.328 e. The average molecular weight is 446 g/mol. The summed E-state index contributed by atoms with van der Waals surface area (Å²) in [6.45, 7) is 5.64. The minimum absolute atomic E-state index is 0.105. The Bertz CT molecular complexity index is 229. The second kappa shape index (κ2) is 12.2.